The van der Waals surface area contributed by atoms with Crippen molar-refractivity contribution in [1.29, 1.82) is 0 Å². The zero-order chi connectivity index (χ0) is 14.9. The highest BCUT2D eigenvalue weighted by atomic mass is 16.5. The third-order valence-corrected chi connectivity index (χ3v) is 4.17. The van der Waals surface area contributed by atoms with Crippen LogP contribution in [0.2, 0.25) is 0 Å². The Hall–Kier alpha value is -1.88. The van der Waals surface area contributed by atoms with E-state index < -0.39 is 5.97 Å². The minimum absolute atomic E-state index is 0.0122. The normalized spacial score (nSPS) is 23.8. The maximum absolute atomic E-state index is 12.2. The lowest BCUT2D eigenvalue weighted by atomic mass is 9.64. The Labute approximate surface area is 117 Å². The first-order valence-electron chi connectivity index (χ1n) is 6.54. The SMILES string of the molecule is COC1CC(NC(=O)c2ccccc2C(=O)O)C1(C)C. The van der Waals surface area contributed by atoms with Gasteiger partial charge in [-0.1, -0.05) is 26.0 Å². The highest BCUT2D eigenvalue weighted by Gasteiger charge is 2.49. The van der Waals surface area contributed by atoms with E-state index in [2.05, 4.69) is 5.32 Å². The Kier molecular flexibility index (Phi) is 3.81. The van der Waals surface area contributed by atoms with Crippen molar-refractivity contribution >= 4 is 11.9 Å². The van der Waals surface area contributed by atoms with Gasteiger partial charge in [0, 0.05) is 18.6 Å². The molecule has 20 heavy (non-hydrogen) atoms. The van der Waals surface area contributed by atoms with E-state index in [-0.39, 0.29) is 34.6 Å². The van der Waals surface area contributed by atoms with Crippen molar-refractivity contribution in [2.45, 2.75) is 32.4 Å². The standard InChI is InChI=1S/C15H19NO4/c1-15(2)11(8-12(15)20-3)16-13(17)9-6-4-5-7-10(9)14(18)19/h4-7,11-12H,8H2,1-3H3,(H,16,17)(H,18,19). The fourth-order valence-electron chi connectivity index (χ4n) is 2.63. The van der Waals surface area contributed by atoms with Crippen LogP contribution in [-0.4, -0.2) is 36.2 Å². The van der Waals surface area contributed by atoms with Crippen molar-refractivity contribution < 1.29 is 19.4 Å². The van der Waals surface area contributed by atoms with Crippen molar-refractivity contribution in [2.24, 2.45) is 5.41 Å². The zero-order valence-electron chi connectivity index (χ0n) is 11.8. The summed E-state index contributed by atoms with van der Waals surface area (Å²) < 4.78 is 5.34. The fourth-order valence-corrected chi connectivity index (χ4v) is 2.63. The minimum atomic E-state index is -1.10. The number of carbonyl (C=O) groups excluding carboxylic acids is 1. The molecule has 1 aromatic rings. The Bertz CT molecular complexity index is 538. The van der Waals surface area contributed by atoms with Crippen LogP contribution in [0.25, 0.3) is 0 Å². The summed E-state index contributed by atoms with van der Waals surface area (Å²) in [7, 11) is 1.66. The van der Waals surface area contributed by atoms with Crippen molar-refractivity contribution in [3.8, 4) is 0 Å². The van der Waals surface area contributed by atoms with E-state index >= 15 is 0 Å². The molecule has 2 atom stereocenters. The molecule has 1 amide bonds. The molecule has 1 saturated carbocycles. The molecule has 0 radical (unpaired) electrons. The molecule has 0 spiro atoms. The third kappa shape index (κ3) is 2.41. The van der Waals surface area contributed by atoms with Gasteiger partial charge in [-0.05, 0) is 18.6 Å². The lowest BCUT2D eigenvalue weighted by Gasteiger charge is -2.51. The summed E-state index contributed by atoms with van der Waals surface area (Å²) in [6.45, 7) is 4.05. The lowest BCUT2D eigenvalue weighted by Crippen LogP contribution is -2.61. The van der Waals surface area contributed by atoms with Crippen molar-refractivity contribution in [1.82, 2.24) is 5.32 Å². The van der Waals surface area contributed by atoms with Gasteiger partial charge in [0.05, 0.1) is 17.2 Å². The van der Waals surface area contributed by atoms with Gasteiger partial charge in [-0.15, -0.1) is 0 Å². The molecule has 108 valence electrons. The van der Waals surface area contributed by atoms with Gasteiger partial charge in [0.1, 0.15) is 0 Å². The summed E-state index contributed by atoms with van der Waals surface area (Å²) in [5.41, 5.74) is 0.0600. The van der Waals surface area contributed by atoms with Gasteiger partial charge in [0.25, 0.3) is 5.91 Å². The van der Waals surface area contributed by atoms with Gasteiger partial charge < -0.3 is 15.2 Å². The molecule has 1 aromatic carbocycles. The molecule has 1 aliphatic carbocycles. The Morgan fingerprint density at radius 1 is 1.30 bits per heavy atom. The summed E-state index contributed by atoms with van der Waals surface area (Å²) in [5.74, 6) is -1.45. The monoisotopic (exact) mass is 277 g/mol. The molecule has 5 nitrogen and oxygen atoms in total. The molecule has 5 heteroatoms. The first kappa shape index (κ1) is 14.5. The van der Waals surface area contributed by atoms with Gasteiger partial charge >= 0.3 is 5.97 Å². The molecule has 0 aliphatic heterocycles. The summed E-state index contributed by atoms with van der Waals surface area (Å²) in [6, 6.07) is 6.21. The quantitative estimate of drug-likeness (QED) is 0.881. The van der Waals surface area contributed by atoms with Crippen LogP contribution in [0.4, 0.5) is 0 Å². The van der Waals surface area contributed by atoms with E-state index in [9.17, 15) is 9.59 Å². The third-order valence-electron chi connectivity index (χ3n) is 4.17. The molecule has 0 bridgehead atoms. The van der Waals surface area contributed by atoms with Gasteiger partial charge in [-0.25, -0.2) is 4.79 Å². The molecular weight excluding hydrogens is 258 g/mol. The molecule has 2 N–H and O–H groups in total. The fraction of sp³-hybridized carbons (Fsp3) is 0.467. The van der Waals surface area contributed by atoms with E-state index in [0.29, 0.717) is 0 Å². The van der Waals surface area contributed by atoms with Crippen LogP contribution in [0, 0.1) is 5.41 Å². The van der Waals surface area contributed by atoms with Crippen LogP contribution in [0.5, 0.6) is 0 Å². The van der Waals surface area contributed by atoms with E-state index in [1.165, 1.54) is 12.1 Å². The minimum Gasteiger partial charge on any atom is -0.478 e. The second kappa shape index (κ2) is 5.25. The number of nitrogens with one attached hydrogen (secondary N) is 1. The van der Waals surface area contributed by atoms with Crippen molar-refractivity contribution in [3.05, 3.63) is 35.4 Å². The van der Waals surface area contributed by atoms with Crippen LogP contribution < -0.4 is 5.32 Å². The maximum atomic E-state index is 12.2. The number of benzene rings is 1. The summed E-state index contributed by atoms with van der Waals surface area (Å²) >= 11 is 0. The number of rotatable bonds is 4. The number of methoxy groups -OCH3 is 1. The summed E-state index contributed by atoms with van der Waals surface area (Å²) in [6.07, 6.45) is 0.854. The van der Waals surface area contributed by atoms with Crippen LogP contribution in [0.15, 0.2) is 24.3 Å². The number of amides is 1. The smallest absolute Gasteiger partial charge is 0.336 e. The predicted molar refractivity (Wildman–Crippen MR) is 73.9 cm³/mol. The first-order chi connectivity index (χ1) is 9.37. The molecule has 2 rings (SSSR count). The number of hydrogen-bond acceptors (Lipinski definition) is 3. The average molecular weight is 277 g/mol. The van der Waals surface area contributed by atoms with Crippen LogP contribution in [-0.2, 0) is 4.74 Å². The first-order valence-corrected chi connectivity index (χ1v) is 6.54. The van der Waals surface area contributed by atoms with Gasteiger partial charge in [-0.2, -0.15) is 0 Å². The summed E-state index contributed by atoms with van der Waals surface area (Å²) in [5, 5.41) is 12.0. The van der Waals surface area contributed by atoms with Crippen LogP contribution in [0.1, 0.15) is 41.0 Å². The Balaban J connectivity index is 2.13. The highest BCUT2D eigenvalue weighted by Crippen LogP contribution is 2.42. The van der Waals surface area contributed by atoms with E-state index in [1.54, 1.807) is 19.2 Å². The molecular formula is C15H19NO4. The molecule has 2 unspecified atom stereocenters. The molecule has 0 aromatic heterocycles. The predicted octanol–water partition coefficient (Wildman–Crippen LogP) is 1.93. The van der Waals surface area contributed by atoms with E-state index in [1.807, 2.05) is 13.8 Å². The van der Waals surface area contributed by atoms with Crippen molar-refractivity contribution in [3.63, 3.8) is 0 Å². The largest absolute Gasteiger partial charge is 0.478 e. The molecule has 0 saturated heterocycles. The zero-order valence-corrected chi connectivity index (χ0v) is 11.8. The topological polar surface area (TPSA) is 75.6 Å². The Morgan fingerprint density at radius 2 is 1.90 bits per heavy atom. The number of aromatic carboxylic acids is 1. The van der Waals surface area contributed by atoms with Gasteiger partial charge in [0.15, 0.2) is 0 Å². The lowest BCUT2D eigenvalue weighted by molar-refractivity contribution is -0.0942. The van der Waals surface area contributed by atoms with Crippen LogP contribution in [0.3, 0.4) is 0 Å². The second-order valence-electron chi connectivity index (χ2n) is 5.66. The molecule has 0 heterocycles. The molecule has 1 fully saturated rings. The van der Waals surface area contributed by atoms with E-state index in [0.717, 1.165) is 6.42 Å². The number of carbonyl (C=O) groups is 2. The maximum Gasteiger partial charge on any atom is 0.336 e. The van der Waals surface area contributed by atoms with Crippen molar-refractivity contribution in [2.75, 3.05) is 7.11 Å². The number of carboxylic acid groups (broad SMARTS) is 1. The Morgan fingerprint density at radius 3 is 2.40 bits per heavy atom. The second-order valence-corrected chi connectivity index (χ2v) is 5.66. The number of hydrogen-bond donors (Lipinski definition) is 2. The highest BCUT2D eigenvalue weighted by molar-refractivity contribution is 6.04. The van der Waals surface area contributed by atoms with Gasteiger partial charge in [-0.3, -0.25) is 4.79 Å². The number of ether oxygens (including phenoxy) is 1. The van der Waals surface area contributed by atoms with E-state index in [4.69, 9.17) is 9.84 Å². The van der Waals surface area contributed by atoms with Crippen LogP contribution >= 0.6 is 0 Å². The number of carboxylic acids is 1. The molecule has 1 aliphatic rings. The summed E-state index contributed by atoms with van der Waals surface area (Å²) in [4.78, 5) is 23.4. The average Bonchev–Trinajstić information content (AvgIpc) is 2.42. The van der Waals surface area contributed by atoms with Gasteiger partial charge in [0.2, 0.25) is 0 Å².